The number of hydrogen-bond acceptors (Lipinski definition) is 3. The molecular weight excluding hydrogens is 302 g/mol. The fraction of sp³-hybridized carbons (Fsp3) is 0.100. The lowest BCUT2D eigenvalue weighted by atomic mass is 10.1. The summed E-state index contributed by atoms with van der Waals surface area (Å²) in [6.07, 6.45) is 3.91. The van der Waals surface area contributed by atoms with Gasteiger partial charge < -0.3 is 9.84 Å². The topological polar surface area (TPSA) is 59.4 Å². The number of carboxylic acids is 1. The van der Waals surface area contributed by atoms with E-state index in [9.17, 15) is 4.79 Å². The second-order valence-corrected chi connectivity index (χ2v) is 5.52. The van der Waals surface area contributed by atoms with Crippen LogP contribution in [0.25, 0.3) is 23.1 Å². The van der Waals surface area contributed by atoms with Crippen LogP contribution in [0, 0.1) is 6.92 Å². The van der Waals surface area contributed by atoms with Crippen LogP contribution in [0.2, 0.25) is 0 Å². The molecule has 24 heavy (non-hydrogen) atoms. The number of aryl methyl sites for hydroxylation is 1. The van der Waals surface area contributed by atoms with Gasteiger partial charge in [0.25, 0.3) is 0 Å². The van der Waals surface area contributed by atoms with Gasteiger partial charge in [-0.05, 0) is 48.9 Å². The summed E-state index contributed by atoms with van der Waals surface area (Å²) in [4.78, 5) is 15.1. The van der Waals surface area contributed by atoms with E-state index in [-0.39, 0.29) is 6.61 Å². The van der Waals surface area contributed by atoms with Crippen LogP contribution in [0.3, 0.4) is 0 Å². The van der Waals surface area contributed by atoms with Crippen molar-refractivity contribution in [2.75, 3.05) is 6.61 Å². The molecule has 3 rings (SSSR count). The number of ether oxygens (including phenoxy) is 1. The third kappa shape index (κ3) is 3.98. The normalized spacial score (nSPS) is 11.0. The second-order valence-electron chi connectivity index (χ2n) is 5.52. The van der Waals surface area contributed by atoms with E-state index in [4.69, 9.17) is 9.84 Å². The molecule has 1 heterocycles. The molecule has 0 aliphatic rings. The number of carbonyl (C=O) groups is 1. The number of pyridine rings is 1. The lowest BCUT2D eigenvalue weighted by Gasteiger charge is -2.03. The predicted octanol–water partition coefficient (Wildman–Crippen LogP) is 4.18. The Morgan fingerprint density at radius 3 is 2.62 bits per heavy atom. The second kappa shape index (κ2) is 6.96. The Morgan fingerprint density at radius 2 is 1.88 bits per heavy atom. The van der Waals surface area contributed by atoms with Crippen LogP contribution in [-0.4, -0.2) is 22.7 Å². The summed E-state index contributed by atoms with van der Waals surface area (Å²) in [6.45, 7) is 1.73. The zero-order chi connectivity index (χ0) is 16.9. The first kappa shape index (κ1) is 15.7. The summed E-state index contributed by atoms with van der Waals surface area (Å²) >= 11 is 0. The predicted molar refractivity (Wildman–Crippen MR) is 95.0 cm³/mol. The quantitative estimate of drug-likeness (QED) is 0.766. The van der Waals surface area contributed by atoms with Crippen LogP contribution in [-0.2, 0) is 4.79 Å². The van der Waals surface area contributed by atoms with Crippen LogP contribution < -0.4 is 4.74 Å². The van der Waals surface area contributed by atoms with Gasteiger partial charge in [-0.15, -0.1) is 0 Å². The number of benzene rings is 2. The van der Waals surface area contributed by atoms with Crippen molar-refractivity contribution in [1.82, 2.24) is 4.98 Å². The third-order valence-corrected chi connectivity index (χ3v) is 3.56. The molecule has 0 fully saturated rings. The van der Waals surface area contributed by atoms with Gasteiger partial charge in [-0.3, -0.25) is 0 Å². The molecule has 120 valence electrons. The van der Waals surface area contributed by atoms with Crippen LogP contribution in [0.5, 0.6) is 5.75 Å². The van der Waals surface area contributed by atoms with Gasteiger partial charge in [0, 0.05) is 5.39 Å². The lowest BCUT2D eigenvalue weighted by Crippen LogP contribution is -2.09. The van der Waals surface area contributed by atoms with Gasteiger partial charge in [0.2, 0.25) is 0 Å². The number of nitrogens with zero attached hydrogens (tertiary/aromatic N) is 1. The van der Waals surface area contributed by atoms with Gasteiger partial charge in [0.05, 0.1) is 11.2 Å². The van der Waals surface area contributed by atoms with Crippen molar-refractivity contribution in [2.24, 2.45) is 0 Å². The zero-order valence-electron chi connectivity index (χ0n) is 13.3. The standard InChI is InChI=1S/C20H17NO3/c1-14-2-11-19-16(12-14)6-8-17(21-19)7-3-15-4-9-18(10-5-15)24-13-20(22)23/h2-12H,13H2,1H3,(H,22,23)/b7-3+. The molecule has 0 aliphatic carbocycles. The Kier molecular flexibility index (Phi) is 4.57. The Morgan fingerprint density at radius 1 is 1.08 bits per heavy atom. The number of carboxylic acid groups (broad SMARTS) is 1. The summed E-state index contributed by atoms with van der Waals surface area (Å²) in [6, 6.07) is 17.5. The maximum Gasteiger partial charge on any atom is 0.341 e. The molecule has 4 heteroatoms. The molecule has 1 aromatic heterocycles. The van der Waals surface area contributed by atoms with Gasteiger partial charge in [0.1, 0.15) is 5.75 Å². The third-order valence-electron chi connectivity index (χ3n) is 3.56. The smallest absolute Gasteiger partial charge is 0.341 e. The first-order chi connectivity index (χ1) is 11.6. The molecule has 0 spiro atoms. The molecule has 0 unspecified atom stereocenters. The number of aromatic nitrogens is 1. The van der Waals surface area contributed by atoms with E-state index in [1.165, 1.54) is 5.56 Å². The van der Waals surface area contributed by atoms with E-state index in [0.29, 0.717) is 5.75 Å². The Balaban J connectivity index is 1.73. The van der Waals surface area contributed by atoms with Crippen molar-refractivity contribution in [3.05, 3.63) is 71.4 Å². The average Bonchev–Trinajstić information content (AvgIpc) is 2.59. The van der Waals surface area contributed by atoms with Crippen LogP contribution >= 0.6 is 0 Å². The highest BCUT2D eigenvalue weighted by atomic mass is 16.5. The summed E-state index contributed by atoms with van der Waals surface area (Å²) in [5.41, 5.74) is 4.07. The minimum atomic E-state index is -0.989. The molecule has 0 bridgehead atoms. The van der Waals surface area contributed by atoms with Crippen molar-refractivity contribution >= 4 is 29.0 Å². The van der Waals surface area contributed by atoms with Crippen LogP contribution in [0.4, 0.5) is 0 Å². The van der Waals surface area contributed by atoms with Gasteiger partial charge in [-0.1, -0.05) is 35.9 Å². The lowest BCUT2D eigenvalue weighted by molar-refractivity contribution is -0.139. The summed E-state index contributed by atoms with van der Waals surface area (Å²) in [7, 11) is 0. The molecule has 4 nitrogen and oxygen atoms in total. The van der Waals surface area contributed by atoms with Gasteiger partial charge in [-0.2, -0.15) is 0 Å². The molecular formula is C20H17NO3. The molecule has 3 aromatic rings. The fourth-order valence-corrected chi connectivity index (χ4v) is 2.36. The van der Waals surface area contributed by atoms with Crippen molar-refractivity contribution in [2.45, 2.75) is 6.92 Å². The van der Waals surface area contributed by atoms with E-state index in [1.807, 2.05) is 36.4 Å². The maximum atomic E-state index is 10.5. The highest BCUT2D eigenvalue weighted by Crippen LogP contribution is 2.17. The van der Waals surface area contributed by atoms with E-state index in [0.717, 1.165) is 22.2 Å². The number of aliphatic carboxylic acids is 1. The highest BCUT2D eigenvalue weighted by molar-refractivity contribution is 5.81. The molecule has 0 saturated carbocycles. The van der Waals surface area contributed by atoms with E-state index in [1.54, 1.807) is 12.1 Å². The Labute approximate surface area is 140 Å². The van der Waals surface area contributed by atoms with E-state index in [2.05, 4.69) is 30.1 Å². The Bertz CT molecular complexity index is 898. The van der Waals surface area contributed by atoms with Crippen LogP contribution in [0.1, 0.15) is 16.8 Å². The Hall–Kier alpha value is -3.14. The number of fused-ring (bicyclic) bond motifs is 1. The first-order valence-corrected chi connectivity index (χ1v) is 7.60. The van der Waals surface area contributed by atoms with Crippen LogP contribution in [0.15, 0.2) is 54.6 Å². The SMILES string of the molecule is Cc1ccc2nc(/C=C/c3ccc(OCC(=O)O)cc3)ccc2c1. The molecule has 1 N–H and O–H groups in total. The zero-order valence-corrected chi connectivity index (χ0v) is 13.3. The first-order valence-electron chi connectivity index (χ1n) is 7.60. The highest BCUT2D eigenvalue weighted by Gasteiger charge is 1.99. The molecule has 0 saturated heterocycles. The van der Waals surface area contributed by atoms with Gasteiger partial charge >= 0.3 is 5.97 Å². The van der Waals surface area contributed by atoms with Crippen molar-refractivity contribution in [1.29, 1.82) is 0 Å². The molecule has 0 atom stereocenters. The monoisotopic (exact) mass is 319 g/mol. The van der Waals surface area contributed by atoms with Gasteiger partial charge in [-0.25, -0.2) is 9.78 Å². The van der Waals surface area contributed by atoms with E-state index >= 15 is 0 Å². The summed E-state index contributed by atoms with van der Waals surface area (Å²) < 4.78 is 5.11. The van der Waals surface area contributed by atoms with Crippen molar-refractivity contribution in [3.8, 4) is 5.75 Å². The molecule has 2 aromatic carbocycles. The number of rotatable bonds is 5. The van der Waals surface area contributed by atoms with Crippen molar-refractivity contribution in [3.63, 3.8) is 0 Å². The largest absolute Gasteiger partial charge is 0.482 e. The summed E-state index contributed by atoms with van der Waals surface area (Å²) in [5.74, 6) is -0.453. The minimum absolute atomic E-state index is 0.338. The minimum Gasteiger partial charge on any atom is -0.482 e. The average molecular weight is 319 g/mol. The fourth-order valence-electron chi connectivity index (χ4n) is 2.36. The maximum absolute atomic E-state index is 10.5. The molecule has 0 aliphatic heterocycles. The van der Waals surface area contributed by atoms with Crippen molar-refractivity contribution < 1.29 is 14.6 Å². The number of hydrogen-bond donors (Lipinski definition) is 1. The molecule has 0 radical (unpaired) electrons. The summed E-state index contributed by atoms with van der Waals surface area (Å²) in [5, 5.41) is 9.72. The molecule has 0 amide bonds. The van der Waals surface area contributed by atoms with Gasteiger partial charge in [0.15, 0.2) is 6.61 Å². The van der Waals surface area contributed by atoms with E-state index < -0.39 is 5.97 Å².